The second-order valence-corrected chi connectivity index (χ2v) is 5.67. The molecule has 0 spiro atoms. The number of anilines is 1. The third kappa shape index (κ3) is 4.70. The van der Waals surface area contributed by atoms with Crippen molar-refractivity contribution in [1.82, 2.24) is 4.90 Å². The fraction of sp³-hybridized carbons (Fsp3) is 0.409. The summed E-state index contributed by atoms with van der Waals surface area (Å²) < 4.78 is 90.1. The van der Waals surface area contributed by atoms with Gasteiger partial charge in [-0.05, 0) is 36.9 Å². The van der Waals surface area contributed by atoms with E-state index < -0.39 is 51.0 Å². The molecule has 0 aromatic heterocycles. The van der Waals surface area contributed by atoms with Gasteiger partial charge in [0.1, 0.15) is 0 Å². The average molecular weight is 348 g/mol. The first-order valence-corrected chi connectivity index (χ1v) is 8.14. The number of para-hydroxylation sites is 1. The maximum absolute atomic E-state index is 13.3. The smallest absolute Gasteiger partial charge is 0.226 e. The summed E-state index contributed by atoms with van der Waals surface area (Å²) in [7, 11) is 0. The van der Waals surface area contributed by atoms with Crippen molar-refractivity contribution in [2.75, 3.05) is 24.5 Å². The molecule has 2 aromatic rings. The Labute approximate surface area is 166 Å². The highest BCUT2D eigenvalue weighted by Gasteiger charge is 2.28. The molecule has 0 saturated carbocycles. The SMILES string of the molecule is [2H]C1([2H])CN(C([2H])([2H])C([2H])([2H])c2ccccc2)CCC1N(C(=O)C([2H])([2H])C([2H])([2H])[2H])c1ccccc1. The van der Waals surface area contributed by atoms with Crippen LogP contribution in [0, 0.1) is 0 Å². The van der Waals surface area contributed by atoms with E-state index in [0.29, 0.717) is 0 Å². The normalized spacial score (nSPS) is 28.8. The number of rotatable bonds is 6. The molecule has 1 aliphatic heterocycles. The second kappa shape index (κ2) is 8.82. The molecular weight excluding hydrogens is 308 g/mol. The monoisotopic (exact) mass is 347 g/mol. The van der Waals surface area contributed by atoms with Gasteiger partial charge in [-0.3, -0.25) is 4.79 Å². The van der Waals surface area contributed by atoms with Gasteiger partial charge < -0.3 is 9.80 Å². The summed E-state index contributed by atoms with van der Waals surface area (Å²) in [6.45, 7) is -6.68. The zero-order valence-corrected chi connectivity index (χ0v) is 13.8. The highest BCUT2D eigenvalue weighted by molar-refractivity contribution is 5.93. The minimum atomic E-state index is -3.30. The van der Waals surface area contributed by atoms with E-state index in [2.05, 4.69) is 0 Å². The van der Waals surface area contributed by atoms with E-state index in [9.17, 15) is 4.79 Å². The topological polar surface area (TPSA) is 23.6 Å². The van der Waals surface area contributed by atoms with E-state index in [-0.39, 0.29) is 24.2 Å². The van der Waals surface area contributed by atoms with Crippen LogP contribution in [0.4, 0.5) is 5.69 Å². The zero-order chi connectivity index (χ0) is 27.2. The van der Waals surface area contributed by atoms with Crippen molar-refractivity contribution in [2.24, 2.45) is 0 Å². The van der Waals surface area contributed by atoms with E-state index in [0.717, 1.165) is 9.80 Å². The predicted octanol–water partition coefficient (Wildman–Crippen LogP) is 4.14. The first-order chi connectivity index (χ1) is 16.4. The van der Waals surface area contributed by atoms with Crippen molar-refractivity contribution in [1.29, 1.82) is 0 Å². The van der Waals surface area contributed by atoms with Crippen LogP contribution in [0.2, 0.25) is 0 Å². The van der Waals surface area contributed by atoms with E-state index in [1.54, 1.807) is 36.4 Å². The van der Waals surface area contributed by atoms with Crippen molar-refractivity contribution >= 4 is 11.6 Å². The van der Waals surface area contributed by atoms with Crippen LogP contribution in [-0.2, 0) is 11.2 Å². The van der Waals surface area contributed by atoms with Gasteiger partial charge in [0.05, 0.1) is 0 Å². The number of nitrogens with zero attached hydrogens (tertiary/aromatic N) is 2. The third-order valence-electron chi connectivity index (χ3n) is 3.99. The lowest BCUT2D eigenvalue weighted by atomic mass is 10.0. The van der Waals surface area contributed by atoms with Crippen molar-refractivity contribution in [3.05, 3.63) is 66.2 Å². The molecule has 1 aliphatic rings. The lowest BCUT2D eigenvalue weighted by Gasteiger charge is -2.38. The predicted molar refractivity (Wildman–Crippen MR) is 104 cm³/mol. The van der Waals surface area contributed by atoms with Gasteiger partial charge in [0.15, 0.2) is 0 Å². The van der Waals surface area contributed by atoms with Crippen LogP contribution >= 0.6 is 0 Å². The molecule has 3 nitrogen and oxygen atoms in total. The van der Waals surface area contributed by atoms with E-state index in [4.69, 9.17) is 15.1 Å². The molecule has 3 rings (SSSR count). The highest BCUT2D eigenvalue weighted by atomic mass is 16.2. The molecule has 1 fully saturated rings. The molecule has 1 amide bonds. The fourth-order valence-corrected chi connectivity index (χ4v) is 2.74. The molecule has 0 aliphatic carbocycles. The van der Waals surface area contributed by atoms with Gasteiger partial charge >= 0.3 is 0 Å². The maximum Gasteiger partial charge on any atom is 0.226 e. The standard InChI is InChI=1S/C22H28N2O/c1-2-22(25)24(20-11-7-4-8-12-20)21-14-17-23(18-15-21)16-13-19-9-5-3-6-10-19/h3-12,21H,2,13-18H2,1H3/i1D3,2D2,13D2,14D2,16D2. The molecule has 1 unspecified atom stereocenters. The van der Waals surface area contributed by atoms with Crippen molar-refractivity contribution in [3.8, 4) is 0 Å². The van der Waals surface area contributed by atoms with Crippen LogP contribution in [0.3, 0.4) is 0 Å². The van der Waals surface area contributed by atoms with Gasteiger partial charge in [-0.15, -0.1) is 0 Å². The molecular formula is C22H28N2O. The third-order valence-corrected chi connectivity index (χ3v) is 3.99. The Morgan fingerprint density at radius 1 is 1.20 bits per heavy atom. The Balaban J connectivity index is 1.98. The van der Waals surface area contributed by atoms with Crippen molar-refractivity contribution in [2.45, 2.75) is 38.4 Å². The van der Waals surface area contributed by atoms with Crippen LogP contribution in [0.25, 0.3) is 0 Å². The number of carbonyl (C=O) groups excluding carboxylic acids is 1. The summed E-state index contributed by atoms with van der Waals surface area (Å²) in [5.74, 6) is -1.42. The minimum absolute atomic E-state index is 0.0876. The minimum Gasteiger partial charge on any atom is -0.309 e. The number of hydrogen-bond donors (Lipinski definition) is 0. The van der Waals surface area contributed by atoms with E-state index in [1.165, 1.54) is 24.3 Å². The highest BCUT2D eigenvalue weighted by Crippen LogP contribution is 2.24. The summed E-state index contributed by atoms with van der Waals surface area (Å²) in [4.78, 5) is 15.2. The Bertz CT molecular complexity index is 1060. The number of aryl methyl sites for hydroxylation is 1. The number of benzene rings is 2. The molecule has 0 radical (unpaired) electrons. The lowest BCUT2D eigenvalue weighted by Crippen LogP contribution is -2.47. The van der Waals surface area contributed by atoms with Gasteiger partial charge in [-0.1, -0.05) is 55.4 Å². The molecule has 2 aromatic carbocycles. The second-order valence-electron chi connectivity index (χ2n) is 5.67. The zero-order valence-electron chi connectivity index (χ0n) is 24.8. The summed E-state index contributed by atoms with van der Waals surface area (Å²) in [6, 6.07) is 14.1. The Hall–Kier alpha value is -2.13. The van der Waals surface area contributed by atoms with Crippen molar-refractivity contribution in [3.63, 3.8) is 0 Å². The Kier molecular flexibility index (Phi) is 3.00. The summed E-state index contributed by atoms with van der Waals surface area (Å²) >= 11 is 0. The maximum atomic E-state index is 13.3. The van der Waals surface area contributed by atoms with Gasteiger partial charge in [-0.2, -0.15) is 0 Å². The number of likely N-dealkylation sites (tertiary alicyclic amines) is 1. The molecule has 1 atom stereocenters. The Morgan fingerprint density at radius 2 is 1.92 bits per heavy atom. The molecule has 0 bridgehead atoms. The first-order valence-electron chi connectivity index (χ1n) is 13.6. The van der Waals surface area contributed by atoms with Crippen molar-refractivity contribution < 1.29 is 19.9 Å². The summed E-state index contributed by atoms with van der Waals surface area (Å²) in [6.07, 6.45) is -8.32. The molecule has 1 heterocycles. The summed E-state index contributed by atoms with van der Waals surface area (Å²) in [5, 5.41) is 0. The molecule has 0 N–H and O–H groups in total. The number of hydrogen-bond acceptors (Lipinski definition) is 2. The molecule has 25 heavy (non-hydrogen) atoms. The van der Waals surface area contributed by atoms with Gasteiger partial charge in [-0.25, -0.2) is 0 Å². The quantitative estimate of drug-likeness (QED) is 0.784. The average Bonchev–Trinajstić information content (AvgIpc) is 2.80. The largest absolute Gasteiger partial charge is 0.309 e. The van der Waals surface area contributed by atoms with E-state index >= 15 is 0 Å². The first kappa shape index (κ1) is 8.50. The Morgan fingerprint density at radius 3 is 2.60 bits per heavy atom. The van der Waals surface area contributed by atoms with Crippen LogP contribution in [0.1, 0.15) is 46.7 Å². The summed E-state index contributed by atoms with van der Waals surface area (Å²) in [5.41, 5.74) is 0.199. The fourth-order valence-electron chi connectivity index (χ4n) is 2.74. The number of amides is 1. The van der Waals surface area contributed by atoms with E-state index in [1.807, 2.05) is 0 Å². The number of carbonyl (C=O) groups is 1. The van der Waals surface area contributed by atoms with Crippen LogP contribution < -0.4 is 4.90 Å². The van der Waals surface area contributed by atoms with Crippen LogP contribution in [0.15, 0.2) is 60.7 Å². The number of piperidine rings is 1. The van der Waals surface area contributed by atoms with Gasteiger partial charge in [0, 0.05) is 52.8 Å². The molecule has 1 saturated heterocycles. The lowest BCUT2D eigenvalue weighted by molar-refractivity contribution is -0.119. The molecule has 3 heteroatoms. The van der Waals surface area contributed by atoms with Gasteiger partial charge in [0.2, 0.25) is 5.91 Å². The van der Waals surface area contributed by atoms with Gasteiger partial charge in [0.25, 0.3) is 0 Å². The van der Waals surface area contributed by atoms with Crippen LogP contribution in [0.5, 0.6) is 0 Å². The van der Waals surface area contributed by atoms with Crippen LogP contribution in [-0.4, -0.2) is 36.4 Å². The molecule has 132 valence electrons.